The topological polar surface area (TPSA) is 72.6 Å². The first-order valence-corrected chi connectivity index (χ1v) is 6.10. The number of nitrogen functional groups attached to an aromatic ring is 1. The summed E-state index contributed by atoms with van der Waals surface area (Å²) < 4.78 is 4.67. The number of rotatable bonds is 4. The molecule has 0 spiro atoms. The van der Waals surface area contributed by atoms with E-state index in [1.54, 1.807) is 23.1 Å². The number of hydrogen-bond acceptors (Lipinski definition) is 4. The molecule has 19 heavy (non-hydrogen) atoms. The number of nitrogens with two attached hydrogens (primary N) is 1. The van der Waals surface area contributed by atoms with Crippen LogP contribution in [0.15, 0.2) is 18.2 Å². The van der Waals surface area contributed by atoms with E-state index in [0.29, 0.717) is 17.8 Å². The van der Waals surface area contributed by atoms with Gasteiger partial charge < -0.3 is 15.4 Å². The van der Waals surface area contributed by atoms with Gasteiger partial charge in [-0.25, -0.2) is 4.79 Å². The molecule has 0 aliphatic rings. The van der Waals surface area contributed by atoms with Crippen molar-refractivity contribution < 1.29 is 14.3 Å². The zero-order valence-electron chi connectivity index (χ0n) is 11.8. The summed E-state index contributed by atoms with van der Waals surface area (Å²) in [5.41, 5.74) is 7.28. The fourth-order valence-electron chi connectivity index (χ4n) is 1.84. The maximum atomic E-state index is 11.6. The van der Waals surface area contributed by atoms with Crippen LogP contribution >= 0.6 is 0 Å². The van der Waals surface area contributed by atoms with Crippen molar-refractivity contribution in [3.8, 4) is 0 Å². The van der Waals surface area contributed by atoms with E-state index >= 15 is 0 Å². The highest BCUT2D eigenvalue weighted by Gasteiger charge is 2.15. The zero-order chi connectivity index (χ0) is 14.6. The van der Waals surface area contributed by atoms with E-state index in [2.05, 4.69) is 4.74 Å². The normalized spacial score (nSPS) is 10.4. The minimum atomic E-state index is -0.474. The number of anilines is 1. The molecule has 5 heteroatoms. The van der Waals surface area contributed by atoms with E-state index in [0.717, 1.165) is 5.56 Å². The number of methoxy groups -OCH3 is 1. The highest BCUT2D eigenvalue weighted by molar-refractivity contribution is 5.95. The Labute approximate surface area is 113 Å². The molecule has 0 saturated heterocycles. The second-order valence-electron chi connectivity index (χ2n) is 4.65. The molecular weight excluding hydrogens is 244 g/mol. The van der Waals surface area contributed by atoms with Gasteiger partial charge in [0.15, 0.2) is 0 Å². The van der Waals surface area contributed by atoms with Crippen LogP contribution in [0.1, 0.15) is 36.7 Å². The highest BCUT2D eigenvalue weighted by atomic mass is 16.5. The van der Waals surface area contributed by atoms with E-state index < -0.39 is 5.97 Å². The molecule has 0 atom stereocenters. The quantitative estimate of drug-likeness (QED) is 0.665. The van der Waals surface area contributed by atoms with Crippen molar-refractivity contribution in [3.63, 3.8) is 0 Å². The SMILES string of the molecule is COC(=O)c1cc(CN(C(C)=O)C(C)C)ccc1N. The largest absolute Gasteiger partial charge is 0.465 e. The summed E-state index contributed by atoms with van der Waals surface area (Å²) in [6.07, 6.45) is 0. The minimum Gasteiger partial charge on any atom is -0.465 e. The van der Waals surface area contributed by atoms with Gasteiger partial charge in [0.25, 0.3) is 0 Å². The van der Waals surface area contributed by atoms with Crippen molar-refractivity contribution in [1.82, 2.24) is 4.90 Å². The van der Waals surface area contributed by atoms with Crippen molar-refractivity contribution >= 4 is 17.6 Å². The number of ether oxygens (including phenoxy) is 1. The van der Waals surface area contributed by atoms with E-state index in [-0.39, 0.29) is 11.9 Å². The lowest BCUT2D eigenvalue weighted by molar-refractivity contribution is -0.131. The van der Waals surface area contributed by atoms with Gasteiger partial charge in [-0.1, -0.05) is 6.07 Å². The molecule has 1 rings (SSSR count). The Bertz CT molecular complexity index is 484. The average molecular weight is 264 g/mol. The molecule has 5 nitrogen and oxygen atoms in total. The van der Waals surface area contributed by atoms with Crippen molar-refractivity contribution in [2.75, 3.05) is 12.8 Å². The van der Waals surface area contributed by atoms with E-state index in [9.17, 15) is 9.59 Å². The molecule has 0 saturated carbocycles. The maximum Gasteiger partial charge on any atom is 0.339 e. The molecule has 0 aliphatic carbocycles. The number of benzene rings is 1. The molecule has 0 unspecified atom stereocenters. The van der Waals surface area contributed by atoms with Crippen molar-refractivity contribution in [2.45, 2.75) is 33.4 Å². The van der Waals surface area contributed by atoms with Gasteiger partial charge in [-0.05, 0) is 31.5 Å². The molecule has 1 amide bonds. The summed E-state index contributed by atoms with van der Waals surface area (Å²) in [5, 5.41) is 0. The van der Waals surface area contributed by atoms with Crippen LogP contribution in [-0.2, 0) is 16.1 Å². The molecule has 0 bridgehead atoms. The van der Waals surface area contributed by atoms with Crippen molar-refractivity contribution in [1.29, 1.82) is 0 Å². The summed E-state index contributed by atoms with van der Waals surface area (Å²) in [6, 6.07) is 5.22. The van der Waals surface area contributed by atoms with Crippen LogP contribution in [0.4, 0.5) is 5.69 Å². The summed E-state index contributed by atoms with van der Waals surface area (Å²) in [4.78, 5) is 24.8. The predicted octanol–water partition coefficient (Wildman–Crippen LogP) is 1.81. The van der Waals surface area contributed by atoms with Gasteiger partial charge in [-0.3, -0.25) is 4.79 Å². The number of carbonyl (C=O) groups is 2. The van der Waals surface area contributed by atoms with E-state index in [1.165, 1.54) is 14.0 Å². The average Bonchev–Trinajstić information content (AvgIpc) is 2.35. The lowest BCUT2D eigenvalue weighted by Crippen LogP contribution is -2.34. The third-order valence-corrected chi connectivity index (χ3v) is 2.90. The maximum absolute atomic E-state index is 11.6. The molecule has 0 radical (unpaired) electrons. The lowest BCUT2D eigenvalue weighted by atomic mass is 10.1. The Morgan fingerprint density at radius 1 is 1.37 bits per heavy atom. The second kappa shape index (κ2) is 6.22. The Morgan fingerprint density at radius 3 is 2.47 bits per heavy atom. The molecule has 0 heterocycles. The number of nitrogens with zero attached hydrogens (tertiary/aromatic N) is 1. The van der Waals surface area contributed by atoms with Crippen molar-refractivity contribution in [2.24, 2.45) is 0 Å². The summed E-state index contributed by atoms with van der Waals surface area (Å²) >= 11 is 0. The van der Waals surface area contributed by atoms with Crippen molar-refractivity contribution in [3.05, 3.63) is 29.3 Å². The number of hydrogen-bond donors (Lipinski definition) is 1. The van der Waals surface area contributed by atoms with E-state index in [1.807, 2.05) is 13.8 Å². The van der Waals surface area contributed by atoms with Crippen LogP contribution in [0.5, 0.6) is 0 Å². The molecule has 104 valence electrons. The Kier molecular flexibility index (Phi) is 4.92. The van der Waals surface area contributed by atoms with Crippen LogP contribution in [0.2, 0.25) is 0 Å². The molecule has 0 aromatic heterocycles. The summed E-state index contributed by atoms with van der Waals surface area (Å²) in [5.74, 6) is -0.482. The van der Waals surface area contributed by atoms with Gasteiger partial charge in [0.05, 0.1) is 12.7 Å². The molecule has 2 N–H and O–H groups in total. The van der Waals surface area contributed by atoms with Gasteiger partial charge >= 0.3 is 5.97 Å². The fourth-order valence-corrected chi connectivity index (χ4v) is 1.84. The smallest absolute Gasteiger partial charge is 0.339 e. The highest BCUT2D eigenvalue weighted by Crippen LogP contribution is 2.17. The van der Waals surface area contributed by atoms with Crippen LogP contribution in [0, 0.1) is 0 Å². The number of esters is 1. The van der Waals surface area contributed by atoms with Crippen LogP contribution in [-0.4, -0.2) is 29.9 Å². The Balaban J connectivity index is 3.02. The Hall–Kier alpha value is -2.04. The lowest BCUT2D eigenvalue weighted by Gasteiger charge is -2.25. The third-order valence-electron chi connectivity index (χ3n) is 2.90. The summed E-state index contributed by atoms with van der Waals surface area (Å²) in [6.45, 7) is 5.86. The first-order valence-electron chi connectivity index (χ1n) is 6.10. The first-order chi connectivity index (χ1) is 8.86. The molecule has 0 aliphatic heterocycles. The first kappa shape index (κ1) is 15.0. The predicted molar refractivity (Wildman–Crippen MR) is 73.6 cm³/mol. The molecule has 1 aromatic carbocycles. The standard InChI is InChI=1S/C14H20N2O3/c1-9(2)16(10(3)17)8-11-5-6-13(15)12(7-11)14(18)19-4/h5-7,9H,8,15H2,1-4H3. The van der Waals surface area contributed by atoms with Crippen LogP contribution in [0.3, 0.4) is 0 Å². The molecular formula is C14H20N2O3. The fraction of sp³-hybridized carbons (Fsp3) is 0.429. The minimum absolute atomic E-state index is 0.00792. The molecule has 1 aromatic rings. The van der Waals surface area contributed by atoms with Gasteiger partial charge in [-0.2, -0.15) is 0 Å². The van der Waals surface area contributed by atoms with Gasteiger partial charge in [0.1, 0.15) is 0 Å². The third kappa shape index (κ3) is 3.71. The van der Waals surface area contributed by atoms with Crippen LogP contribution < -0.4 is 5.73 Å². The van der Waals surface area contributed by atoms with Crippen LogP contribution in [0.25, 0.3) is 0 Å². The second-order valence-corrected chi connectivity index (χ2v) is 4.65. The molecule has 0 fully saturated rings. The zero-order valence-corrected chi connectivity index (χ0v) is 11.8. The van der Waals surface area contributed by atoms with E-state index in [4.69, 9.17) is 5.73 Å². The van der Waals surface area contributed by atoms with Gasteiger partial charge in [0, 0.05) is 25.2 Å². The van der Waals surface area contributed by atoms with Gasteiger partial charge in [0.2, 0.25) is 5.91 Å². The summed E-state index contributed by atoms with van der Waals surface area (Å²) in [7, 11) is 1.31. The monoisotopic (exact) mass is 264 g/mol. The number of amides is 1. The Morgan fingerprint density at radius 2 is 2.00 bits per heavy atom. The van der Waals surface area contributed by atoms with Gasteiger partial charge in [-0.15, -0.1) is 0 Å². The number of carbonyl (C=O) groups excluding carboxylic acids is 2.